The van der Waals surface area contributed by atoms with E-state index in [1.165, 1.54) is 0 Å². The SMILES string of the molecule is CCOc1ccc(-n2nnnc2CN2CCNCC2)cc1.Cl.Cl. The van der Waals surface area contributed by atoms with Crippen LogP contribution in [0.3, 0.4) is 0 Å². The summed E-state index contributed by atoms with van der Waals surface area (Å²) in [5.74, 6) is 1.72. The van der Waals surface area contributed by atoms with Gasteiger partial charge in [0.15, 0.2) is 5.82 Å². The summed E-state index contributed by atoms with van der Waals surface area (Å²) in [6.45, 7) is 7.49. The van der Waals surface area contributed by atoms with E-state index < -0.39 is 0 Å². The molecule has 2 heterocycles. The number of ether oxygens (including phenoxy) is 1. The Hall–Kier alpha value is -1.41. The van der Waals surface area contributed by atoms with Crippen LogP contribution in [0, 0.1) is 0 Å². The second-order valence-electron chi connectivity index (χ2n) is 4.96. The molecule has 128 valence electrons. The molecule has 1 aromatic carbocycles. The third-order valence-corrected chi connectivity index (χ3v) is 3.50. The third-order valence-electron chi connectivity index (χ3n) is 3.50. The monoisotopic (exact) mass is 360 g/mol. The highest BCUT2D eigenvalue weighted by Gasteiger charge is 2.15. The molecule has 7 nitrogen and oxygen atoms in total. The van der Waals surface area contributed by atoms with Gasteiger partial charge in [-0.2, -0.15) is 4.68 Å². The Morgan fingerprint density at radius 1 is 1.13 bits per heavy atom. The summed E-state index contributed by atoms with van der Waals surface area (Å²) in [5, 5.41) is 15.4. The molecule has 1 N–H and O–H groups in total. The molecule has 1 fully saturated rings. The van der Waals surface area contributed by atoms with Gasteiger partial charge < -0.3 is 10.1 Å². The first-order valence-corrected chi connectivity index (χ1v) is 7.30. The summed E-state index contributed by atoms with van der Waals surface area (Å²) >= 11 is 0. The highest BCUT2D eigenvalue weighted by molar-refractivity contribution is 5.85. The summed E-state index contributed by atoms with van der Waals surface area (Å²) in [5.41, 5.74) is 0.952. The fourth-order valence-electron chi connectivity index (χ4n) is 2.42. The van der Waals surface area contributed by atoms with Crippen molar-refractivity contribution in [3.05, 3.63) is 30.1 Å². The van der Waals surface area contributed by atoms with E-state index in [0.717, 1.165) is 50.0 Å². The van der Waals surface area contributed by atoms with Crippen LogP contribution in [0.1, 0.15) is 12.7 Å². The number of nitrogens with one attached hydrogen (secondary N) is 1. The molecule has 1 aliphatic heterocycles. The quantitative estimate of drug-likeness (QED) is 0.866. The maximum Gasteiger partial charge on any atom is 0.170 e. The highest BCUT2D eigenvalue weighted by Crippen LogP contribution is 2.16. The second-order valence-corrected chi connectivity index (χ2v) is 4.96. The average Bonchev–Trinajstić information content (AvgIpc) is 2.98. The van der Waals surface area contributed by atoms with Gasteiger partial charge in [0.1, 0.15) is 5.75 Å². The summed E-state index contributed by atoms with van der Waals surface area (Å²) in [6, 6.07) is 7.83. The molecule has 3 rings (SSSR count). The van der Waals surface area contributed by atoms with Crippen molar-refractivity contribution in [1.29, 1.82) is 0 Å². The molecular weight excluding hydrogens is 339 g/mol. The lowest BCUT2D eigenvalue weighted by Gasteiger charge is -2.26. The zero-order chi connectivity index (χ0) is 14.5. The van der Waals surface area contributed by atoms with Gasteiger partial charge in [0.25, 0.3) is 0 Å². The number of piperazine rings is 1. The Balaban J connectivity index is 0.00000132. The molecule has 2 aromatic rings. The van der Waals surface area contributed by atoms with Gasteiger partial charge in [0.2, 0.25) is 0 Å². The maximum absolute atomic E-state index is 5.45. The lowest BCUT2D eigenvalue weighted by Crippen LogP contribution is -2.43. The van der Waals surface area contributed by atoms with E-state index in [9.17, 15) is 0 Å². The van der Waals surface area contributed by atoms with Gasteiger partial charge in [-0.15, -0.1) is 29.9 Å². The van der Waals surface area contributed by atoms with Crippen LogP contribution >= 0.6 is 24.8 Å². The lowest BCUT2D eigenvalue weighted by atomic mass is 10.3. The zero-order valence-electron chi connectivity index (χ0n) is 13.0. The molecular formula is C14H22Cl2N6O. The number of aromatic nitrogens is 4. The molecule has 0 unspecified atom stereocenters. The minimum absolute atomic E-state index is 0. The predicted molar refractivity (Wildman–Crippen MR) is 93.0 cm³/mol. The van der Waals surface area contributed by atoms with Gasteiger partial charge in [-0.3, -0.25) is 4.90 Å². The minimum atomic E-state index is 0. The van der Waals surface area contributed by atoms with Crippen LogP contribution in [0.5, 0.6) is 5.75 Å². The number of halogens is 2. The lowest BCUT2D eigenvalue weighted by molar-refractivity contribution is 0.226. The number of benzene rings is 1. The van der Waals surface area contributed by atoms with Crippen LogP contribution in [0.25, 0.3) is 5.69 Å². The molecule has 0 spiro atoms. The normalized spacial score (nSPS) is 14.7. The maximum atomic E-state index is 5.45. The zero-order valence-corrected chi connectivity index (χ0v) is 14.6. The first-order chi connectivity index (χ1) is 10.4. The Kier molecular flexibility index (Phi) is 8.25. The number of rotatable bonds is 5. The Bertz CT molecular complexity index is 571. The van der Waals surface area contributed by atoms with Crippen LogP contribution in [0.2, 0.25) is 0 Å². The molecule has 0 bridgehead atoms. The van der Waals surface area contributed by atoms with Crippen LogP contribution in [0.15, 0.2) is 24.3 Å². The first-order valence-electron chi connectivity index (χ1n) is 7.30. The van der Waals surface area contributed by atoms with Gasteiger partial charge in [-0.05, 0) is 41.6 Å². The molecule has 0 radical (unpaired) electrons. The number of hydrogen-bond donors (Lipinski definition) is 1. The number of tetrazole rings is 1. The second kappa shape index (κ2) is 9.67. The van der Waals surface area contributed by atoms with Crippen molar-refractivity contribution in [2.75, 3.05) is 32.8 Å². The van der Waals surface area contributed by atoms with Crippen LogP contribution in [0.4, 0.5) is 0 Å². The summed E-state index contributed by atoms with van der Waals surface area (Å²) in [4.78, 5) is 2.35. The van der Waals surface area contributed by atoms with Gasteiger partial charge in [-0.1, -0.05) is 0 Å². The van der Waals surface area contributed by atoms with Crippen molar-refractivity contribution in [3.8, 4) is 11.4 Å². The van der Waals surface area contributed by atoms with E-state index in [2.05, 4.69) is 25.7 Å². The molecule has 0 atom stereocenters. The summed E-state index contributed by atoms with van der Waals surface area (Å²) in [7, 11) is 0. The Morgan fingerprint density at radius 3 is 2.48 bits per heavy atom. The van der Waals surface area contributed by atoms with Crippen molar-refractivity contribution in [2.24, 2.45) is 0 Å². The van der Waals surface area contributed by atoms with E-state index in [1.807, 2.05) is 31.2 Å². The van der Waals surface area contributed by atoms with Crippen molar-refractivity contribution in [3.63, 3.8) is 0 Å². The Labute approximate surface area is 148 Å². The van der Waals surface area contributed by atoms with E-state index >= 15 is 0 Å². The van der Waals surface area contributed by atoms with Crippen molar-refractivity contribution in [2.45, 2.75) is 13.5 Å². The predicted octanol–water partition coefficient (Wildman–Crippen LogP) is 1.31. The molecule has 0 saturated carbocycles. The number of nitrogens with zero attached hydrogens (tertiary/aromatic N) is 5. The van der Waals surface area contributed by atoms with E-state index in [4.69, 9.17) is 4.74 Å². The van der Waals surface area contributed by atoms with Crippen molar-refractivity contribution >= 4 is 24.8 Å². The molecule has 23 heavy (non-hydrogen) atoms. The van der Waals surface area contributed by atoms with Crippen molar-refractivity contribution in [1.82, 2.24) is 30.4 Å². The van der Waals surface area contributed by atoms with Gasteiger partial charge >= 0.3 is 0 Å². The summed E-state index contributed by atoms with van der Waals surface area (Å²) < 4.78 is 7.24. The van der Waals surface area contributed by atoms with Gasteiger partial charge in [-0.25, -0.2) is 0 Å². The third kappa shape index (κ3) is 5.04. The topological polar surface area (TPSA) is 68.1 Å². The van der Waals surface area contributed by atoms with Crippen LogP contribution in [-0.4, -0.2) is 57.9 Å². The molecule has 1 aliphatic rings. The largest absolute Gasteiger partial charge is 0.494 e. The number of hydrogen-bond acceptors (Lipinski definition) is 6. The van der Waals surface area contributed by atoms with Gasteiger partial charge in [0, 0.05) is 26.2 Å². The Morgan fingerprint density at radius 2 is 1.83 bits per heavy atom. The first kappa shape index (κ1) is 19.6. The fraction of sp³-hybridized carbons (Fsp3) is 0.500. The smallest absolute Gasteiger partial charge is 0.170 e. The van der Waals surface area contributed by atoms with Crippen LogP contribution in [-0.2, 0) is 6.54 Å². The standard InChI is InChI=1S/C14H20N6O.2ClH/c1-2-21-13-5-3-12(4-6-13)20-14(16-17-18-20)11-19-9-7-15-8-10-19;;/h3-6,15H,2,7-11H2,1H3;2*1H. The van der Waals surface area contributed by atoms with Gasteiger partial charge in [0.05, 0.1) is 18.8 Å². The molecule has 1 aromatic heterocycles. The van der Waals surface area contributed by atoms with E-state index in [1.54, 1.807) is 4.68 Å². The molecule has 0 amide bonds. The highest BCUT2D eigenvalue weighted by atomic mass is 35.5. The van der Waals surface area contributed by atoms with E-state index in [-0.39, 0.29) is 24.8 Å². The fourth-order valence-corrected chi connectivity index (χ4v) is 2.42. The van der Waals surface area contributed by atoms with Crippen LogP contribution < -0.4 is 10.1 Å². The van der Waals surface area contributed by atoms with Crippen molar-refractivity contribution < 1.29 is 4.74 Å². The minimum Gasteiger partial charge on any atom is -0.494 e. The average molecular weight is 361 g/mol. The molecule has 9 heteroatoms. The molecule has 0 aliphatic carbocycles. The molecule has 1 saturated heterocycles. The van der Waals surface area contributed by atoms with E-state index in [0.29, 0.717) is 6.61 Å². The summed E-state index contributed by atoms with van der Waals surface area (Å²) in [6.07, 6.45) is 0.